The van der Waals surface area contributed by atoms with Gasteiger partial charge in [-0.2, -0.15) is 0 Å². The minimum atomic E-state index is -0.356. The summed E-state index contributed by atoms with van der Waals surface area (Å²) >= 11 is 0. The molecule has 1 atom stereocenters. The molecule has 0 radical (unpaired) electrons. The Morgan fingerprint density at radius 1 is 0.629 bits per heavy atom. The van der Waals surface area contributed by atoms with Gasteiger partial charge in [0.1, 0.15) is 23.5 Å². The molecule has 2 fully saturated rings. The van der Waals surface area contributed by atoms with Gasteiger partial charge < -0.3 is 20.1 Å². The molecule has 12 heteroatoms. The first-order valence-corrected chi connectivity index (χ1v) is 24.7. The third kappa shape index (κ3) is 7.89. The van der Waals surface area contributed by atoms with Crippen LogP contribution in [-0.4, -0.2) is 55.0 Å². The molecule has 2 aliphatic carbocycles. The SMILES string of the molecule is C=CC(=O)OC1CCC(Nc2ccc3c4c2cccc4c(=O)n2c4ccc(C)cc4nc32)CC1.CCC(C)C(=O)OC1CCC(Nc2ccc3c4c2cccc4c(=O)n2c4ccc(C)cc4nc32)CC1. The maximum atomic E-state index is 13.6. The van der Waals surface area contributed by atoms with Gasteiger partial charge in [0.2, 0.25) is 0 Å². The Kier molecular flexibility index (Phi) is 11.6. The van der Waals surface area contributed by atoms with E-state index < -0.39 is 0 Å². The molecule has 4 aromatic heterocycles. The predicted octanol–water partition coefficient (Wildman–Crippen LogP) is 11.6. The van der Waals surface area contributed by atoms with Crippen LogP contribution >= 0.6 is 0 Å². The number of hydrogen-bond acceptors (Lipinski definition) is 10. The van der Waals surface area contributed by atoms with Crippen LogP contribution in [0, 0.1) is 19.8 Å². The first-order valence-electron chi connectivity index (χ1n) is 24.7. The van der Waals surface area contributed by atoms with E-state index in [2.05, 4.69) is 53.6 Å². The van der Waals surface area contributed by atoms with Gasteiger partial charge in [-0.05, 0) is 143 Å². The number of nitrogens with one attached hydrogen (secondary N) is 2. The van der Waals surface area contributed by atoms with Crippen LogP contribution in [0.4, 0.5) is 11.4 Å². The summed E-state index contributed by atoms with van der Waals surface area (Å²) in [5.74, 6) is -0.479. The molecule has 0 amide bonds. The van der Waals surface area contributed by atoms with E-state index in [1.54, 1.807) is 8.80 Å². The molecular weight excluding hydrogens is 877 g/mol. The van der Waals surface area contributed by atoms with Crippen molar-refractivity contribution in [2.75, 3.05) is 10.6 Å². The van der Waals surface area contributed by atoms with E-state index in [1.165, 1.54) is 6.08 Å². The Balaban J connectivity index is 0.000000153. The van der Waals surface area contributed by atoms with Gasteiger partial charge in [0.25, 0.3) is 11.1 Å². The number of benzene rings is 6. The zero-order valence-corrected chi connectivity index (χ0v) is 40.0. The molecule has 0 bridgehead atoms. The van der Waals surface area contributed by atoms with Crippen LogP contribution in [0.2, 0.25) is 0 Å². The molecule has 70 heavy (non-hydrogen) atoms. The Labute approximate surface area is 404 Å². The topological polar surface area (TPSA) is 145 Å². The zero-order valence-electron chi connectivity index (χ0n) is 40.0. The number of carbonyl (C=O) groups is 2. The Morgan fingerprint density at radius 2 is 1.07 bits per heavy atom. The summed E-state index contributed by atoms with van der Waals surface area (Å²) in [7, 11) is 0. The highest BCUT2D eigenvalue weighted by Crippen LogP contribution is 2.38. The number of rotatable bonds is 9. The lowest BCUT2D eigenvalue weighted by Gasteiger charge is -2.30. The third-order valence-corrected chi connectivity index (χ3v) is 14.9. The fraction of sp³-hybridized carbons (Fsp3) is 0.310. The van der Waals surface area contributed by atoms with E-state index in [4.69, 9.17) is 19.4 Å². The van der Waals surface area contributed by atoms with E-state index in [9.17, 15) is 19.2 Å². The summed E-state index contributed by atoms with van der Waals surface area (Å²) in [4.78, 5) is 60.5. The fourth-order valence-corrected chi connectivity index (χ4v) is 10.9. The number of esters is 2. The summed E-state index contributed by atoms with van der Waals surface area (Å²) in [6, 6.07) is 32.9. The molecule has 12 rings (SSSR count). The molecule has 6 aromatic carbocycles. The average Bonchev–Trinajstić information content (AvgIpc) is 3.95. The van der Waals surface area contributed by atoms with Crippen LogP contribution in [0.25, 0.3) is 76.5 Å². The number of carbonyl (C=O) groups excluding carboxylic acids is 2. The standard InChI is InChI=1S/C30H31N3O3.C28H25N3O3/c1-4-18(3)30(35)36-20-11-9-19(10-12-20)31-24-14-13-22-27-21(24)6-5-7-23(27)29(34)33-26-15-8-17(2)16-25(26)32-28(22)33;1-3-25(32)34-18-10-8-17(9-11-18)29-22-13-12-20-26-19(22)5-4-6-21(26)28(33)31-24-14-7-16(2)15-23(24)30-27(20)31/h5-8,13-16,18-20,31H,4,9-12H2,1-3H3;3-7,12-15,17-18,29H,1,8-11H2,2H3. The second-order valence-electron chi connectivity index (χ2n) is 19.5. The minimum Gasteiger partial charge on any atom is -0.462 e. The molecule has 0 aliphatic heterocycles. The third-order valence-electron chi connectivity index (χ3n) is 14.9. The molecule has 0 saturated heterocycles. The van der Waals surface area contributed by atoms with Crippen LogP contribution in [0.15, 0.2) is 119 Å². The largest absolute Gasteiger partial charge is 0.462 e. The Bertz CT molecular complexity index is 3810. The second-order valence-corrected chi connectivity index (χ2v) is 19.5. The normalized spacial score (nSPS) is 19.0. The van der Waals surface area contributed by atoms with Crippen molar-refractivity contribution in [3.63, 3.8) is 0 Å². The minimum absolute atomic E-state index is 0.00937. The van der Waals surface area contributed by atoms with Crippen molar-refractivity contribution >= 4 is 99.8 Å². The van der Waals surface area contributed by atoms with Gasteiger partial charge in [0.15, 0.2) is 0 Å². The van der Waals surface area contributed by atoms with Crippen molar-refractivity contribution in [3.8, 4) is 0 Å². The van der Waals surface area contributed by atoms with Crippen molar-refractivity contribution in [2.45, 2.75) is 110 Å². The molecule has 2 saturated carbocycles. The highest BCUT2D eigenvalue weighted by atomic mass is 16.5. The quantitative estimate of drug-likeness (QED) is 0.106. The van der Waals surface area contributed by atoms with Gasteiger partial charge >= 0.3 is 11.9 Å². The van der Waals surface area contributed by atoms with Gasteiger partial charge in [-0.25, -0.2) is 14.8 Å². The molecule has 2 aliphatic rings. The number of pyridine rings is 2. The monoisotopic (exact) mass is 932 g/mol. The Hall–Kier alpha value is -7.60. The number of hydrogen-bond donors (Lipinski definition) is 2. The molecular formula is C58H56N6O6. The van der Waals surface area contributed by atoms with Crippen molar-refractivity contribution < 1.29 is 19.1 Å². The van der Waals surface area contributed by atoms with Crippen LogP contribution in [0.5, 0.6) is 0 Å². The molecule has 12 nitrogen and oxygen atoms in total. The molecule has 1 unspecified atom stereocenters. The summed E-state index contributed by atoms with van der Waals surface area (Å²) < 4.78 is 14.6. The van der Waals surface area contributed by atoms with Crippen LogP contribution < -0.4 is 21.8 Å². The summed E-state index contributed by atoms with van der Waals surface area (Å²) in [6.45, 7) is 11.5. The highest BCUT2D eigenvalue weighted by Gasteiger charge is 2.28. The first kappa shape index (κ1) is 44.9. The second kappa shape index (κ2) is 18.0. The maximum absolute atomic E-state index is 13.6. The van der Waals surface area contributed by atoms with Crippen molar-refractivity contribution in [1.82, 2.24) is 18.8 Å². The van der Waals surface area contributed by atoms with E-state index in [0.29, 0.717) is 28.1 Å². The van der Waals surface area contributed by atoms with Crippen molar-refractivity contribution in [3.05, 3.63) is 142 Å². The lowest BCUT2D eigenvalue weighted by molar-refractivity contribution is -0.155. The van der Waals surface area contributed by atoms with E-state index in [0.717, 1.165) is 135 Å². The summed E-state index contributed by atoms with van der Waals surface area (Å²) in [5, 5.41) is 14.8. The number of imidazole rings is 2. The fourth-order valence-electron chi connectivity index (χ4n) is 10.9. The predicted molar refractivity (Wildman–Crippen MR) is 281 cm³/mol. The smallest absolute Gasteiger partial charge is 0.330 e. The zero-order chi connectivity index (χ0) is 48.4. The first-order chi connectivity index (χ1) is 34.0. The van der Waals surface area contributed by atoms with Gasteiger partial charge in [-0.1, -0.05) is 56.8 Å². The van der Waals surface area contributed by atoms with E-state index in [1.807, 2.05) is 88.4 Å². The molecule has 2 N–H and O–H groups in total. The lowest BCUT2D eigenvalue weighted by Crippen LogP contribution is -2.32. The summed E-state index contributed by atoms with van der Waals surface area (Å²) in [5.41, 5.74) is 8.97. The number of fused-ring (bicyclic) bond motifs is 8. The van der Waals surface area contributed by atoms with Crippen LogP contribution in [0.1, 0.15) is 82.8 Å². The number of nitrogens with zero attached hydrogens (tertiary/aromatic N) is 4. The average molecular weight is 933 g/mol. The number of aryl methyl sites for hydroxylation is 2. The molecule has 0 spiro atoms. The van der Waals surface area contributed by atoms with Gasteiger partial charge in [-0.15, -0.1) is 0 Å². The molecule has 10 aromatic rings. The van der Waals surface area contributed by atoms with E-state index >= 15 is 0 Å². The van der Waals surface area contributed by atoms with Crippen molar-refractivity contribution in [1.29, 1.82) is 0 Å². The van der Waals surface area contributed by atoms with Gasteiger partial charge in [0.05, 0.1) is 28.0 Å². The highest BCUT2D eigenvalue weighted by molar-refractivity contribution is 6.20. The molecule has 354 valence electrons. The van der Waals surface area contributed by atoms with Crippen LogP contribution in [0.3, 0.4) is 0 Å². The lowest BCUT2D eigenvalue weighted by atomic mass is 9.92. The number of aromatic nitrogens is 4. The van der Waals surface area contributed by atoms with Crippen LogP contribution in [-0.2, 0) is 19.1 Å². The number of anilines is 2. The van der Waals surface area contributed by atoms with E-state index in [-0.39, 0.29) is 47.2 Å². The van der Waals surface area contributed by atoms with Crippen molar-refractivity contribution in [2.24, 2.45) is 5.92 Å². The maximum Gasteiger partial charge on any atom is 0.330 e. The van der Waals surface area contributed by atoms with Gasteiger partial charge in [-0.3, -0.25) is 23.2 Å². The summed E-state index contributed by atoms with van der Waals surface area (Å²) in [6.07, 6.45) is 9.05. The molecule has 4 heterocycles. The number of ether oxygens (including phenoxy) is 2. The Morgan fingerprint density at radius 3 is 1.51 bits per heavy atom. The van der Waals surface area contributed by atoms with Gasteiger partial charge in [0, 0.05) is 72.6 Å².